The van der Waals surface area contributed by atoms with Gasteiger partial charge in [-0.25, -0.2) is 14.5 Å². The molecule has 11 nitrogen and oxygen atoms in total. The molecule has 2 N–H and O–H groups in total. The van der Waals surface area contributed by atoms with E-state index < -0.39 is 5.60 Å². The van der Waals surface area contributed by atoms with Crippen molar-refractivity contribution in [3.05, 3.63) is 54.6 Å². The van der Waals surface area contributed by atoms with Crippen LogP contribution in [0.2, 0.25) is 0 Å². The van der Waals surface area contributed by atoms with E-state index in [0.717, 1.165) is 29.7 Å². The molecule has 1 amide bonds. The highest BCUT2D eigenvalue weighted by molar-refractivity contribution is 5.84. The van der Waals surface area contributed by atoms with Gasteiger partial charge in [0.1, 0.15) is 5.60 Å². The van der Waals surface area contributed by atoms with Crippen molar-refractivity contribution < 1.29 is 9.53 Å². The Labute approximate surface area is 228 Å². The number of hydrogen-bond acceptors (Lipinski definition) is 8. The Morgan fingerprint density at radius 3 is 2.74 bits per heavy atom. The van der Waals surface area contributed by atoms with Gasteiger partial charge >= 0.3 is 6.09 Å². The zero-order valence-corrected chi connectivity index (χ0v) is 23.3. The van der Waals surface area contributed by atoms with E-state index in [1.807, 2.05) is 66.8 Å². The van der Waals surface area contributed by atoms with Crippen LogP contribution < -0.4 is 10.6 Å². The Balaban J connectivity index is 1.39. The minimum absolute atomic E-state index is 0.00697. The van der Waals surface area contributed by atoms with Crippen LogP contribution in [0.5, 0.6) is 0 Å². The number of aromatic nitrogens is 6. The maximum atomic E-state index is 12.7. The first-order valence-electron chi connectivity index (χ1n) is 13.5. The summed E-state index contributed by atoms with van der Waals surface area (Å²) in [6.07, 6.45) is 6.99. The van der Waals surface area contributed by atoms with Gasteiger partial charge in [0.05, 0.1) is 12.0 Å². The summed E-state index contributed by atoms with van der Waals surface area (Å²) in [7, 11) is 0. The molecular formula is C28H37N9O2. The lowest BCUT2D eigenvalue weighted by Crippen LogP contribution is -2.47. The number of para-hydroxylation sites is 1. The maximum Gasteiger partial charge on any atom is 0.410 e. The number of amides is 1. The molecule has 0 bridgehead atoms. The molecule has 1 unspecified atom stereocenters. The standard InChI is InChI=1S/C28H37N9O2/c1-19(2)36-18-30-23-24(29-16-20-10-6-7-12-22(20)37-15-9-13-31-37)33-26(34-25(23)36)32-21-11-8-14-35(17-21)27(38)39-28(3,4)5/h6-7,9-10,12-13,15,18-19,21H,8,11,14,16-17H2,1-5H3,(H2,29,32,33,34). The van der Waals surface area contributed by atoms with Gasteiger partial charge in [-0.3, -0.25) is 0 Å². The number of carbonyl (C=O) groups is 1. The van der Waals surface area contributed by atoms with E-state index in [2.05, 4.69) is 40.6 Å². The monoisotopic (exact) mass is 531 g/mol. The number of benzene rings is 1. The Morgan fingerprint density at radius 2 is 2.00 bits per heavy atom. The summed E-state index contributed by atoms with van der Waals surface area (Å²) in [6, 6.07) is 10.2. The molecule has 1 saturated heterocycles. The first-order chi connectivity index (χ1) is 18.7. The number of carbonyl (C=O) groups excluding carboxylic acids is 1. The van der Waals surface area contributed by atoms with Crippen molar-refractivity contribution >= 4 is 29.0 Å². The number of likely N-dealkylation sites (tertiary alicyclic amines) is 1. The molecule has 1 aliphatic heterocycles. The number of nitrogens with zero attached hydrogens (tertiary/aromatic N) is 7. The van der Waals surface area contributed by atoms with Gasteiger partial charge < -0.3 is 24.8 Å². The summed E-state index contributed by atoms with van der Waals surface area (Å²) in [6.45, 7) is 11.6. The molecule has 0 spiro atoms. The zero-order chi connectivity index (χ0) is 27.6. The van der Waals surface area contributed by atoms with Crippen LogP contribution in [0.25, 0.3) is 16.9 Å². The molecule has 4 heterocycles. The van der Waals surface area contributed by atoms with E-state index in [4.69, 9.17) is 14.7 Å². The Hall–Kier alpha value is -4.15. The number of rotatable bonds is 7. The minimum Gasteiger partial charge on any atom is -0.444 e. The van der Waals surface area contributed by atoms with Crippen LogP contribution in [0.1, 0.15) is 59.1 Å². The van der Waals surface area contributed by atoms with Crippen molar-refractivity contribution in [1.82, 2.24) is 34.2 Å². The minimum atomic E-state index is -0.530. The van der Waals surface area contributed by atoms with Crippen LogP contribution in [-0.2, 0) is 11.3 Å². The van der Waals surface area contributed by atoms with Crippen LogP contribution >= 0.6 is 0 Å². The SMILES string of the molecule is CC(C)n1cnc2c(NCc3ccccc3-n3cccn3)nc(NC3CCCN(C(=O)OC(C)(C)C)C3)nc21. The smallest absolute Gasteiger partial charge is 0.410 e. The number of hydrogen-bond donors (Lipinski definition) is 2. The second-order valence-electron chi connectivity index (χ2n) is 11.2. The number of ether oxygens (including phenoxy) is 1. The van der Waals surface area contributed by atoms with E-state index in [1.165, 1.54) is 0 Å². The molecule has 1 atom stereocenters. The average molecular weight is 532 g/mol. The molecule has 11 heteroatoms. The maximum absolute atomic E-state index is 12.7. The van der Waals surface area contributed by atoms with Gasteiger partial charge in [-0.15, -0.1) is 0 Å². The molecule has 1 aliphatic rings. The second-order valence-corrected chi connectivity index (χ2v) is 11.2. The number of fused-ring (bicyclic) bond motifs is 1. The first-order valence-corrected chi connectivity index (χ1v) is 13.5. The largest absolute Gasteiger partial charge is 0.444 e. The highest BCUT2D eigenvalue weighted by atomic mass is 16.6. The van der Waals surface area contributed by atoms with Gasteiger partial charge in [0, 0.05) is 44.1 Å². The van der Waals surface area contributed by atoms with Gasteiger partial charge in [-0.05, 0) is 65.2 Å². The Bertz CT molecular complexity index is 1420. The summed E-state index contributed by atoms with van der Waals surface area (Å²) in [4.78, 5) is 28.8. The summed E-state index contributed by atoms with van der Waals surface area (Å²) in [5.41, 5.74) is 3.01. The van der Waals surface area contributed by atoms with E-state index in [-0.39, 0.29) is 18.2 Å². The molecule has 39 heavy (non-hydrogen) atoms. The Morgan fingerprint density at radius 1 is 1.18 bits per heavy atom. The zero-order valence-electron chi connectivity index (χ0n) is 23.3. The van der Waals surface area contributed by atoms with Crippen molar-refractivity contribution in [2.75, 3.05) is 23.7 Å². The summed E-state index contributed by atoms with van der Waals surface area (Å²) in [5, 5.41) is 11.4. The van der Waals surface area contributed by atoms with Crippen LogP contribution in [0.3, 0.4) is 0 Å². The van der Waals surface area contributed by atoms with Crippen molar-refractivity contribution in [3.8, 4) is 5.69 Å². The lowest BCUT2D eigenvalue weighted by molar-refractivity contribution is 0.0206. The van der Waals surface area contributed by atoms with Crippen molar-refractivity contribution in [2.24, 2.45) is 0 Å². The normalized spacial score (nSPS) is 16.1. The third kappa shape index (κ3) is 6.13. The van der Waals surface area contributed by atoms with Crippen molar-refractivity contribution in [2.45, 2.75) is 71.7 Å². The van der Waals surface area contributed by atoms with Gasteiger partial charge in [-0.1, -0.05) is 18.2 Å². The molecule has 3 aromatic heterocycles. The molecule has 1 fully saturated rings. The average Bonchev–Trinajstić information content (AvgIpc) is 3.57. The quantitative estimate of drug-likeness (QED) is 0.342. The number of anilines is 2. The predicted molar refractivity (Wildman–Crippen MR) is 151 cm³/mol. The van der Waals surface area contributed by atoms with Gasteiger partial charge in [0.15, 0.2) is 17.0 Å². The molecular weight excluding hydrogens is 494 g/mol. The van der Waals surface area contributed by atoms with E-state index in [1.54, 1.807) is 11.1 Å². The Kier molecular flexibility index (Phi) is 7.40. The second kappa shape index (κ2) is 10.9. The van der Waals surface area contributed by atoms with Crippen LogP contribution in [0, 0.1) is 0 Å². The molecule has 1 aromatic carbocycles. The van der Waals surface area contributed by atoms with Crippen LogP contribution in [-0.4, -0.2) is 65.0 Å². The number of piperidine rings is 1. The van der Waals surface area contributed by atoms with E-state index in [9.17, 15) is 4.79 Å². The first kappa shape index (κ1) is 26.5. The highest BCUT2D eigenvalue weighted by Crippen LogP contribution is 2.26. The molecule has 0 radical (unpaired) electrons. The molecule has 4 aromatic rings. The third-order valence-electron chi connectivity index (χ3n) is 6.57. The topological polar surface area (TPSA) is 115 Å². The van der Waals surface area contributed by atoms with Crippen molar-refractivity contribution in [3.63, 3.8) is 0 Å². The van der Waals surface area contributed by atoms with Crippen LogP contribution in [0.15, 0.2) is 49.1 Å². The van der Waals surface area contributed by atoms with Gasteiger partial charge in [0.2, 0.25) is 5.95 Å². The van der Waals surface area contributed by atoms with E-state index in [0.29, 0.717) is 36.9 Å². The summed E-state index contributed by atoms with van der Waals surface area (Å²) in [5.74, 6) is 1.15. The highest BCUT2D eigenvalue weighted by Gasteiger charge is 2.28. The molecule has 0 saturated carbocycles. The number of nitrogens with one attached hydrogen (secondary N) is 2. The van der Waals surface area contributed by atoms with Gasteiger partial charge in [0.25, 0.3) is 0 Å². The molecule has 206 valence electrons. The number of imidazole rings is 1. The van der Waals surface area contributed by atoms with Crippen molar-refractivity contribution in [1.29, 1.82) is 0 Å². The third-order valence-corrected chi connectivity index (χ3v) is 6.57. The van der Waals surface area contributed by atoms with Gasteiger partial charge in [-0.2, -0.15) is 15.1 Å². The fourth-order valence-electron chi connectivity index (χ4n) is 4.73. The fraction of sp³-hybridized carbons (Fsp3) is 0.464. The van der Waals surface area contributed by atoms with Crippen LogP contribution in [0.4, 0.5) is 16.6 Å². The molecule has 5 rings (SSSR count). The molecule has 0 aliphatic carbocycles. The summed E-state index contributed by atoms with van der Waals surface area (Å²) >= 11 is 0. The lowest BCUT2D eigenvalue weighted by Gasteiger charge is -2.34. The summed E-state index contributed by atoms with van der Waals surface area (Å²) < 4.78 is 9.49. The fourth-order valence-corrected chi connectivity index (χ4v) is 4.73. The predicted octanol–water partition coefficient (Wildman–Crippen LogP) is 5.02. The lowest BCUT2D eigenvalue weighted by atomic mass is 10.1. The van der Waals surface area contributed by atoms with E-state index >= 15 is 0 Å².